The van der Waals surface area contributed by atoms with Crippen LogP contribution in [0.25, 0.3) is 0 Å². The Hall–Kier alpha value is -0.410. The Bertz CT molecular complexity index is 248. The van der Waals surface area contributed by atoms with Crippen molar-refractivity contribution in [2.45, 2.75) is 52.6 Å². The monoisotopic (exact) mass is 228 g/mol. The van der Waals surface area contributed by atoms with Crippen molar-refractivity contribution in [1.29, 1.82) is 0 Å². The summed E-state index contributed by atoms with van der Waals surface area (Å²) >= 11 is 0. The number of carbonyl (C=O) groups excluding carboxylic acids is 1. The van der Waals surface area contributed by atoms with Gasteiger partial charge in [-0.1, -0.05) is 20.8 Å². The SMILES string of the molecule is C[C@@H]1CC(=O)CC(C)(C)[C@H]1CC[C@H](O)CO. The number of ketones is 1. The van der Waals surface area contributed by atoms with Crippen molar-refractivity contribution in [3.05, 3.63) is 0 Å². The summed E-state index contributed by atoms with van der Waals surface area (Å²) in [7, 11) is 0. The van der Waals surface area contributed by atoms with Gasteiger partial charge >= 0.3 is 0 Å². The average Bonchev–Trinajstić information content (AvgIpc) is 2.14. The highest BCUT2D eigenvalue weighted by molar-refractivity contribution is 5.80. The number of aliphatic hydroxyl groups excluding tert-OH is 2. The van der Waals surface area contributed by atoms with Gasteiger partial charge in [0.05, 0.1) is 12.7 Å². The molecule has 0 unspecified atom stereocenters. The summed E-state index contributed by atoms with van der Waals surface area (Å²) in [5.41, 5.74) is 0.0317. The van der Waals surface area contributed by atoms with Gasteiger partial charge in [0.1, 0.15) is 5.78 Å². The molecule has 94 valence electrons. The lowest BCUT2D eigenvalue weighted by Gasteiger charge is -2.42. The van der Waals surface area contributed by atoms with Gasteiger partial charge in [0.2, 0.25) is 0 Å². The van der Waals surface area contributed by atoms with Gasteiger partial charge in [0, 0.05) is 12.8 Å². The minimum Gasteiger partial charge on any atom is -0.394 e. The van der Waals surface area contributed by atoms with Gasteiger partial charge in [-0.05, 0) is 30.1 Å². The maximum absolute atomic E-state index is 11.5. The van der Waals surface area contributed by atoms with E-state index in [1.807, 2.05) is 0 Å². The lowest BCUT2D eigenvalue weighted by atomic mass is 9.62. The molecule has 1 rings (SSSR count). The van der Waals surface area contributed by atoms with Crippen LogP contribution in [0.2, 0.25) is 0 Å². The van der Waals surface area contributed by atoms with Crippen LogP contribution in [-0.4, -0.2) is 28.7 Å². The first-order valence-electron chi connectivity index (χ1n) is 6.17. The summed E-state index contributed by atoms with van der Waals surface area (Å²) in [5.74, 6) is 1.21. The second kappa shape index (κ2) is 5.28. The first kappa shape index (κ1) is 13.7. The summed E-state index contributed by atoms with van der Waals surface area (Å²) in [6.45, 7) is 6.22. The number of hydrogen-bond donors (Lipinski definition) is 2. The zero-order valence-electron chi connectivity index (χ0n) is 10.6. The van der Waals surface area contributed by atoms with E-state index in [0.29, 0.717) is 36.9 Å². The molecule has 3 heteroatoms. The summed E-state index contributed by atoms with van der Waals surface area (Å²) in [6, 6.07) is 0. The molecule has 0 radical (unpaired) electrons. The van der Waals surface area contributed by atoms with Crippen LogP contribution < -0.4 is 0 Å². The van der Waals surface area contributed by atoms with E-state index in [4.69, 9.17) is 5.11 Å². The van der Waals surface area contributed by atoms with Crippen molar-refractivity contribution in [3.8, 4) is 0 Å². The Morgan fingerprint density at radius 3 is 2.62 bits per heavy atom. The molecule has 0 spiro atoms. The van der Waals surface area contributed by atoms with E-state index < -0.39 is 6.10 Å². The standard InChI is InChI=1S/C13H24O3/c1-9-6-11(16)7-13(2,3)12(9)5-4-10(15)8-14/h9-10,12,14-15H,4-8H2,1-3H3/t9-,10+,12+/m1/s1. The van der Waals surface area contributed by atoms with Crippen LogP contribution in [0, 0.1) is 17.3 Å². The molecule has 0 heterocycles. The molecule has 2 N–H and O–H groups in total. The second-order valence-electron chi connectivity index (χ2n) is 5.91. The third-order valence-electron chi connectivity index (χ3n) is 3.91. The van der Waals surface area contributed by atoms with E-state index in [0.717, 1.165) is 6.42 Å². The number of Topliss-reactive ketones (excluding diaryl/α,β-unsaturated/α-hetero) is 1. The first-order valence-corrected chi connectivity index (χ1v) is 6.17. The van der Waals surface area contributed by atoms with Crippen LogP contribution >= 0.6 is 0 Å². The number of hydrogen-bond acceptors (Lipinski definition) is 3. The lowest BCUT2D eigenvalue weighted by molar-refractivity contribution is -0.127. The van der Waals surface area contributed by atoms with Gasteiger partial charge in [-0.2, -0.15) is 0 Å². The fraction of sp³-hybridized carbons (Fsp3) is 0.923. The van der Waals surface area contributed by atoms with Crippen molar-refractivity contribution < 1.29 is 15.0 Å². The summed E-state index contributed by atoms with van der Waals surface area (Å²) < 4.78 is 0. The van der Waals surface area contributed by atoms with Crippen LogP contribution in [-0.2, 0) is 4.79 Å². The maximum Gasteiger partial charge on any atom is 0.133 e. The molecule has 16 heavy (non-hydrogen) atoms. The molecule has 0 bridgehead atoms. The van der Waals surface area contributed by atoms with Gasteiger partial charge < -0.3 is 10.2 Å². The molecule has 3 atom stereocenters. The van der Waals surface area contributed by atoms with E-state index in [2.05, 4.69) is 20.8 Å². The molecule has 1 fully saturated rings. The van der Waals surface area contributed by atoms with E-state index in [9.17, 15) is 9.90 Å². The normalized spacial score (nSPS) is 31.4. The van der Waals surface area contributed by atoms with Gasteiger partial charge in [0.25, 0.3) is 0 Å². The van der Waals surface area contributed by atoms with Gasteiger partial charge in [-0.15, -0.1) is 0 Å². The molecule has 1 aliphatic rings. The van der Waals surface area contributed by atoms with Crippen LogP contribution in [0.5, 0.6) is 0 Å². The largest absolute Gasteiger partial charge is 0.394 e. The molecule has 0 saturated heterocycles. The second-order valence-corrected chi connectivity index (χ2v) is 5.91. The molecule has 0 aromatic rings. The minimum atomic E-state index is -0.611. The zero-order chi connectivity index (χ0) is 12.3. The Kier molecular flexibility index (Phi) is 4.51. The van der Waals surface area contributed by atoms with Gasteiger partial charge in [0.15, 0.2) is 0 Å². The molecule has 1 aliphatic carbocycles. The van der Waals surface area contributed by atoms with Crippen molar-refractivity contribution >= 4 is 5.78 Å². The molecular weight excluding hydrogens is 204 g/mol. The Morgan fingerprint density at radius 1 is 1.50 bits per heavy atom. The molecule has 0 aromatic carbocycles. The van der Waals surface area contributed by atoms with E-state index in [1.165, 1.54) is 0 Å². The van der Waals surface area contributed by atoms with Crippen LogP contribution in [0.4, 0.5) is 0 Å². The molecule has 1 saturated carbocycles. The highest BCUT2D eigenvalue weighted by Crippen LogP contribution is 2.44. The molecular formula is C13H24O3. The molecule has 0 aromatic heterocycles. The lowest BCUT2D eigenvalue weighted by Crippen LogP contribution is -2.38. The van der Waals surface area contributed by atoms with E-state index in [1.54, 1.807) is 0 Å². The van der Waals surface area contributed by atoms with Crippen LogP contribution in [0.15, 0.2) is 0 Å². The smallest absolute Gasteiger partial charge is 0.133 e. The van der Waals surface area contributed by atoms with Crippen LogP contribution in [0.1, 0.15) is 46.5 Å². The fourth-order valence-electron chi connectivity index (χ4n) is 3.12. The molecule has 0 aliphatic heterocycles. The zero-order valence-corrected chi connectivity index (χ0v) is 10.6. The fourth-order valence-corrected chi connectivity index (χ4v) is 3.12. The Labute approximate surface area is 97.9 Å². The highest BCUT2D eigenvalue weighted by atomic mass is 16.3. The summed E-state index contributed by atoms with van der Waals surface area (Å²) in [6.07, 6.45) is 2.23. The van der Waals surface area contributed by atoms with Crippen LogP contribution in [0.3, 0.4) is 0 Å². The van der Waals surface area contributed by atoms with E-state index >= 15 is 0 Å². The maximum atomic E-state index is 11.5. The summed E-state index contributed by atoms with van der Waals surface area (Å²) in [4.78, 5) is 11.5. The number of carbonyl (C=O) groups is 1. The third kappa shape index (κ3) is 3.29. The number of aliphatic hydroxyl groups is 2. The van der Waals surface area contributed by atoms with Gasteiger partial charge in [-0.3, -0.25) is 4.79 Å². The topological polar surface area (TPSA) is 57.5 Å². The molecule has 0 amide bonds. The molecule has 3 nitrogen and oxygen atoms in total. The predicted octanol–water partition coefficient (Wildman–Crippen LogP) is 1.76. The highest BCUT2D eigenvalue weighted by Gasteiger charge is 2.40. The third-order valence-corrected chi connectivity index (χ3v) is 3.91. The van der Waals surface area contributed by atoms with Crippen molar-refractivity contribution in [2.24, 2.45) is 17.3 Å². The predicted molar refractivity (Wildman–Crippen MR) is 63.0 cm³/mol. The van der Waals surface area contributed by atoms with Crippen molar-refractivity contribution in [3.63, 3.8) is 0 Å². The minimum absolute atomic E-state index is 0.0317. The average molecular weight is 228 g/mol. The van der Waals surface area contributed by atoms with Gasteiger partial charge in [-0.25, -0.2) is 0 Å². The Balaban J connectivity index is 2.58. The van der Waals surface area contributed by atoms with Crippen molar-refractivity contribution in [2.75, 3.05) is 6.61 Å². The number of rotatable bonds is 4. The van der Waals surface area contributed by atoms with E-state index in [-0.39, 0.29) is 12.0 Å². The summed E-state index contributed by atoms with van der Waals surface area (Å²) in [5, 5.41) is 18.2. The first-order chi connectivity index (χ1) is 7.36. The quantitative estimate of drug-likeness (QED) is 0.771. The Morgan fingerprint density at radius 2 is 2.12 bits per heavy atom. The van der Waals surface area contributed by atoms with Crippen molar-refractivity contribution in [1.82, 2.24) is 0 Å².